The summed E-state index contributed by atoms with van der Waals surface area (Å²) in [5, 5.41) is 3.11. The van der Waals surface area contributed by atoms with E-state index in [9.17, 15) is 4.79 Å². The number of likely N-dealkylation sites (tertiary alicyclic amines) is 1. The van der Waals surface area contributed by atoms with Gasteiger partial charge in [0.2, 0.25) is 0 Å². The Kier molecular flexibility index (Phi) is 3.00. The van der Waals surface area contributed by atoms with Crippen molar-refractivity contribution in [1.29, 1.82) is 0 Å². The summed E-state index contributed by atoms with van der Waals surface area (Å²) in [6, 6.07) is 0.122. The minimum absolute atomic E-state index is 0.122. The highest BCUT2D eigenvalue weighted by molar-refractivity contribution is 5.74. The summed E-state index contributed by atoms with van der Waals surface area (Å²) in [5.41, 5.74) is 0.383. The first-order valence-corrected chi connectivity index (χ1v) is 7.28. The number of nitrogens with zero attached hydrogens (tertiary/aromatic N) is 1. The van der Waals surface area contributed by atoms with E-state index in [1.807, 2.05) is 4.90 Å². The maximum atomic E-state index is 11.8. The third kappa shape index (κ3) is 2.22. The third-order valence-corrected chi connectivity index (χ3v) is 4.94. The number of hydrogen-bond acceptors (Lipinski definition) is 2. The van der Waals surface area contributed by atoms with E-state index in [1.165, 1.54) is 19.3 Å². The molecule has 0 radical (unpaired) electrons. The standard InChI is InChI=1S/C14H24N2O2/c1-13(11-15-12(17)16-7-3-8-16)6-9-18-14(10-13)4-2-5-14/h2-11H2,1H3,(H,15,17)/t13-/m0/s1. The molecule has 1 N–H and O–H groups in total. The van der Waals surface area contributed by atoms with Crippen molar-refractivity contribution in [3.63, 3.8) is 0 Å². The van der Waals surface area contributed by atoms with Crippen molar-refractivity contribution in [3.05, 3.63) is 0 Å². The number of rotatable bonds is 2. The first-order chi connectivity index (χ1) is 8.61. The SMILES string of the molecule is C[C@]1(CNC(=O)N2CCC2)CCOC2(CCC2)C1. The van der Waals surface area contributed by atoms with Crippen molar-refractivity contribution in [3.8, 4) is 0 Å². The van der Waals surface area contributed by atoms with Crippen molar-refractivity contribution in [2.24, 2.45) is 5.41 Å². The largest absolute Gasteiger partial charge is 0.375 e. The fourth-order valence-corrected chi connectivity index (χ4v) is 3.39. The van der Waals surface area contributed by atoms with Gasteiger partial charge in [-0.2, -0.15) is 0 Å². The summed E-state index contributed by atoms with van der Waals surface area (Å²) in [5.74, 6) is 0. The summed E-state index contributed by atoms with van der Waals surface area (Å²) < 4.78 is 5.96. The molecular weight excluding hydrogens is 228 g/mol. The lowest BCUT2D eigenvalue weighted by Crippen LogP contribution is -2.54. The molecule has 2 amide bonds. The lowest BCUT2D eigenvalue weighted by molar-refractivity contribution is -0.162. The van der Waals surface area contributed by atoms with Crippen molar-refractivity contribution in [2.75, 3.05) is 26.2 Å². The van der Waals surface area contributed by atoms with Gasteiger partial charge >= 0.3 is 6.03 Å². The molecular formula is C14H24N2O2. The number of nitrogens with one attached hydrogen (secondary N) is 1. The highest BCUT2D eigenvalue weighted by Crippen LogP contribution is 2.48. The molecule has 1 saturated carbocycles. The smallest absolute Gasteiger partial charge is 0.317 e. The molecule has 3 rings (SSSR count). The van der Waals surface area contributed by atoms with Crippen LogP contribution in [0.15, 0.2) is 0 Å². The molecule has 1 spiro atoms. The summed E-state index contributed by atoms with van der Waals surface area (Å²) >= 11 is 0. The molecule has 1 atom stereocenters. The molecule has 1 aliphatic carbocycles. The highest BCUT2D eigenvalue weighted by Gasteiger charge is 2.47. The second-order valence-corrected chi connectivity index (χ2v) is 6.62. The summed E-state index contributed by atoms with van der Waals surface area (Å²) in [6.45, 7) is 5.81. The molecule has 0 bridgehead atoms. The van der Waals surface area contributed by atoms with Gasteiger partial charge in [0.25, 0.3) is 0 Å². The van der Waals surface area contributed by atoms with E-state index in [2.05, 4.69) is 12.2 Å². The molecule has 0 aromatic carbocycles. The molecule has 18 heavy (non-hydrogen) atoms. The number of hydrogen-bond donors (Lipinski definition) is 1. The second kappa shape index (κ2) is 4.41. The molecule has 0 aromatic heterocycles. The molecule has 2 aliphatic heterocycles. The van der Waals surface area contributed by atoms with Gasteiger partial charge in [0, 0.05) is 26.2 Å². The fourth-order valence-electron chi connectivity index (χ4n) is 3.39. The molecule has 4 heteroatoms. The van der Waals surface area contributed by atoms with Gasteiger partial charge in [-0.05, 0) is 43.9 Å². The fraction of sp³-hybridized carbons (Fsp3) is 0.929. The van der Waals surface area contributed by atoms with Crippen molar-refractivity contribution in [2.45, 2.75) is 51.0 Å². The van der Waals surface area contributed by atoms with E-state index in [-0.39, 0.29) is 17.0 Å². The molecule has 2 heterocycles. The van der Waals surface area contributed by atoms with E-state index >= 15 is 0 Å². The third-order valence-electron chi connectivity index (χ3n) is 4.94. The van der Waals surface area contributed by atoms with Crippen LogP contribution in [-0.4, -0.2) is 42.8 Å². The summed E-state index contributed by atoms with van der Waals surface area (Å²) in [4.78, 5) is 13.7. The van der Waals surface area contributed by atoms with Gasteiger partial charge in [-0.1, -0.05) is 6.92 Å². The van der Waals surface area contributed by atoms with Crippen LogP contribution in [-0.2, 0) is 4.74 Å². The Bertz CT molecular complexity index is 337. The summed E-state index contributed by atoms with van der Waals surface area (Å²) in [7, 11) is 0. The molecule has 4 nitrogen and oxygen atoms in total. The van der Waals surface area contributed by atoms with E-state index in [0.29, 0.717) is 0 Å². The Labute approximate surface area is 109 Å². The van der Waals surface area contributed by atoms with Gasteiger partial charge in [-0.25, -0.2) is 4.79 Å². The Morgan fingerprint density at radius 3 is 2.61 bits per heavy atom. The van der Waals surface area contributed by atoms with Crippen LogP contribution in [0.5, 0.6) is 0 Å². The summed E-state index contributed by atoms with van der Waals surface area (Å²) in [6.07, 6.45) is 7.05. The maximum absolute atomic E-state index is 11.8. The minimum atomic E-state index is 0.122. The average Bonchev–Trinajstić information content (AvgIpc) is 2.22. The van der Waals surface area contributed by atoms with Crippen molar-refractivity contribution < 1.29 is 9.53 Å². The molecule has 3 aliphatic rings. The Morgan fingerprint density at radius 2 is 2.06 bits per heavy atom. The van der Waals surface area contributed by atoms with Crippen LogP contribution in [0.1, 0.15) is 45.4 Å². The van der Waals surface area contributed by atoms with Crippen molar-refractivity contribution >= 4 is 6.03 Å². The van der Waals surface area contributed by atoms with Crippen LogP contribution in [0.3, 0.4) is 0 Å². The predicted molar refractivity (Wildman–Crippen MR) is 69.5 cm³/mol. The quantitative estimate of drug-likeness (QED) is 0.818. The minimum Gasteiger partial charge on any atom is -0.375 e. The van der Waals surface area contributed by atoms with Crippen LogP contribution in [0.2, 0.25) is 0 Å². The van der Waals surface area contributed by atoms with Crippen LogP contribution in [0.4, 0.5) is 4.79 Å². The normalized spacial score (nSPS) is 33.7. The number of ether oxygens (including phenoxy) is 1. The van der Waals surface area contributed by atoms with Gasteiger partial charge in [0.15, 0.2) is 0 Å². The first kappa shape index (κ1) is 12.3. The molecule has 102 valence electrons. The number of urea groups is 1. The Morgan fingerprint density at radius 1 is 1.28 bits per heavy atom. The van der Waals surface area contributed by atoms with E-state index in [1.54, 1.807) is 0 Å². The molecule has 3 fully saturated rings. The monoisotopic (exact) mass is 252 g/mol. The topological polar surface area (TPSA) is 41.6 Å². The second-order valence-electron chi connectivity index (χ2n) is 6.62. The van der Waals surface area contributed by atoms with Crippen LogP contribution >= 0.6 is 0 Å². The van der Waals surface area contributed by atoms with Gasteiger partial charge in [-0.15, -0.1) is 0 Å². The zero-order valence-electron chi connectivity index (χ0n) is 11.3. The molecule has 0 aromatic rings. The number of amides is 2. The van der Waals surface area contributed by atoms with Crippen LogP contribution in [0, 0.1) is 5.41 Å². The lowest BCUT2D eigenvalue weighted by Gasteiger charge is -2.51. The van der Waals surface area contributed by atoms with E-state index in [4.69, 9.17) is 4.74 Å². The van der Waals surface area contributed by atoms with Gasteiger partial charge in [-0.3, -0.25) is 0 Å². The van der Waals surface area contributed by atoms with Gasteiger partial charge in [0.1, 0.15) is 0 Å². The highest BCUT2D eigenvalue weighted by atomic mass is 16.5. The van der Waals surface area contributed by atoms with Crippen molar-refractivity contribution in [1.82, 2.24) is 10.2 Å². The number of carbonyl (C=O) groups is 1. The zero-order valence-corrected chi connectivity index (χ0v) is 11.3. The average molecular weight is 252 g/mol. The van der Waals surface area contributed by atoms with Gasteiger partial charge < -0.3 is 15.0 Å². The number of carbonyl (C=O) groups excluding carboxylic acids is 1. The van der Waals surface area contributed by atoms with E-state index < -0.39 is 0 Å². The first-order valence-electron chi connectivity index (χ1n) is 7.28. The van der Waals surface area contributed by atoms with Crippen LogP contribution < -0.4 is 5.32 Å². The molecule has 0 unspecified atom stereocenters. The predicted octanol–water partition coefficient (Wildman–Crippen LogP) is 2.14. The Balaban J connectivity index is 1.52. The van der Waals surface area contributed by atoms with E-state index in [0.717, 1.165) is 45.5 Å². The van der Waals surface area contributed by atoms with Crippen LogP contribution in [0.25, 0.3) is 0 Å². The maximum Gasteiger partial charge on any atom is 0.317 e. The lowest BCUT2D eigenvalue weighted by atomic mass is 9.66. The van der Waals surface area contributed by atoms with Gasteiger partial charge in [0.05, 0.1) is 5.60 Å². The Hall–Kier alpha value is -0.770. The molecule has 2 saturated heterocycles. The zero-order chi connectivity index (χ0) is 12.6.